The normalized spacial score (nSPS) is 11.4. The van der Waals surface area contributed by atoms with E-state index in [9.17, 15) is 14.4 Å². The highest BCUT2D eigenvalue weighted by atomic mass is 32.2. The summed E-state index contributed by atoms with van der Waals surface area (Å²) in [6, 6.07) is 11.1. The molecule has 0 atom stereocenters. The lowest BCUT2D eigenvalue weighted by Gasteiger charge is -2.12. The van der Waals surface area contributed by atoms with Gasteiger partial charge in [0.2, 0.25) is 17.6 Å². The topological polar surface area (TPSA) is 110 Å². The summed E-state index contributed by atoms with van der Waals surface area (Å²) in [4.78, 5) is 38.7. The molecule has 2 amide bonds. The number of thioether (sulfide) groups is 1. The van der Waals surface area contributed by atoms with E-state index in [4.69, 9.17) is 0 Å². The van der Waals surface area contributed by atoms with E-state index in [0.717, 1.165) is 4.88 Å². The number of fused-ring (bicyclic) bond motifs is 3. The smallest absolute Gasteiger partial charge is 0.262 e. The highest BCUT2D eigenvalue weighted by Crippen LogP contribution is 2.21. The predicted octanol–water partition coefficient (Wildman–Crippen LogP) is 2.43. The molecule has 0 unspecified atom stereocenters. The fourth-order valence-corrected chi connectivity index (χ4v) is 4.83. The number of carbonyl (C=O) groups excluding carboxylic acids is 2. The van der Waals surface area contributed by atoms with E-state index in [1.165, 1.54) is 16.3 Å². The summed E-state index contributed by atoms with van der Waals surface area (Å²) in [5, 5.41) is 17.2. The van der Waals surface area contributed by atoms with Crippen molar-refractivity contribution in [1.82, 2.24) is 29.8 Å². The van der Waals surface area contributed by atoms with Crippen molar-refractivity contribution in [3.8, 4) is 0 Å². The first-order valence-corrected chi connectivity index (χ1v) is 12.4. The van der Waals surface area contributed by atoms with E-state index in [2.05, 4.69) is 20.8 Å². The SMILES string of the molecule is CC(C)NC(=O)CCn1c(=O)c2ccccc2n2c(SCC(=O)NCc3cccs3)nnc12. The van der Waals surface area contributed by atoms with E-state index < -0.39 is 0 Å². The van der Waals surface area contributed by atoms with Gasteiger partial charge in [0.1, 0.15) is 0 Å². The first-order chi connectivity index (χ1) is 15.9. The fourth-order valence-electron chi connectivity index (χ4n) is 3.42. The Morgan fingerprint density at radius 1 is 1.12 bits per heavy atom. The van der Waals surface area contributed by atoms with Gasteiger partial charge in [-0.3, -0.25) is 23.4 Å². The maximum Gasteiger partial charge on any atom is 0.262 e. The zero-order valence-corrected chi connectivity index (χ0v) is 19.9. The molecule has 1 aromatic carbocycles. The summed E-state index contributed by atoms with van der Waals surface area (Å²) in [6.07, 6.45) is 0.145. The number of carbonyl (C=O) groups is 2. The first kappa shape index (κ1) is 23.0. The molecule has 3 heterocycles. The lowest BCUT2D eigenvalue weighted by molar-refractivity contribution is -0.122. The molecule has 4 rings (SSSR count). The molecule has 0 spiro atoms. The second-order valence-electron chi connectivity index (χ2n) is 7.71. The van der Waals surface area contributed by atoms with E-state index in [1.54, 1.807) is 27.9 Å². The van der Waals surface area contributed by atoms with Crippen molar-refractivity contribution >= 4 is 51.6 Å². The number of amides is 2. The second-order valence-corrected chi connectivity index (χ2v) is 9.68. The molecule has 0 radical (unpaired) electrons. The van der Waals surface area contributed by atoms with E-state index in [-0.39, 0.29) is 42.1 Å². The average molecular weight is 485 g/mol. The minimum absolute atomic E-state index is 0.0212. The molecular formula is C22H24N6O3S2. The van der Waals surface area contributed by atoms with Crippen LogP contribution in [0, 0.1) is 0 Å². The number of benzene rings is 1. The van der Waals surface area contributed by atoms with Crippen LogP contribution >= 0.6 is 23.1 Å². The number of hydrogen-bond acceptors (Lipinski definition) is 7. The molecule has 0 saturated heterocycles. The van der Waals surface area contributed by atoms with Gasteiger partial charge in [-0.1, -0.05) is 30.0 Å². The molecule has 0 aliphatic carbocycles. The molecule has 172 valence electrons. The Morgan fingerprint density at radius 2 is 1.94 bits per heavy atom. The molecule has 0 fully saturated rings. The van der Waals surface area contributed by atoms with Crippen LogP contribution in [0.3, 0.4) is 0 Å². The van der Waals surface area contributed by atoms with Crippen LogP contribution in [-0.2, 0) is 22.7 Å². The highest BCUT2D eigenvalue weighted by molar-refractivity contribution is 7.99. The van der Waals surface area contributed by atoms with Crippen molar-refractivity contribution < 1.29 is 9.59 Å². The molecule has 4 aromatic rings. The molecular weight excluding hydrogens is 460 g/mol. The van der Waals surface area contributed by atoms with Gasteiger partial charge in [-0.15, -0.1) is 21.5 Å². The number of para-hydroxylation sites is 1. The fraction of sp³-hybridized carbons (Fsp3) is 0.318. The second kappa shape index (κ2) is 10.2. The minimum atomic E-state index is -0.229. The van der Waals surface area contributed by atoms with Crippen LogP contribution in [0.4, 0.5) is 0 Å². The molecule has 9 nitrogen and oxygen atoms in total. The first-order valence-electron chi connectivity index (χ1n) is 10.5. The highest BCUT2D eigenvalue weighted by Gasteiger charge is 2.18. The monoisotopic (exact) mass is 484 g/mol. The molecule has 33 heavy (non-hydrogen) atoms. The molecule has 3 aromatic heterocycles. The Kier molecular flexibility index (Phi) is 7.09. The molecule has 2 N–H and O–H groups in total. The van der Waals surface area contributed by atoms with Crippen LogP contribution in [0.15, 0.2) is 51.7 Å². The van der Waals surface area contributed by atoms with Crippen molar-refractivity contribution in [2.24, 2.45) is 0 Å². The Bertz CT molecular complexity index is 1340. The number of thiophene rings is 1. The van der Waals surface area contributed by atoms with Gasteiger partial charge in [0.05, 0.1) is 23.2 Å². The standard InChI is InChI=1S/C22H24N6O3S2/c1-14(2)24-18(29)9-10-27-20(31)16-7-3-4-8-17(16)28-21(27)25-26-22(28)33-13-19(30)23-12-15-6-5-11-32-15/h3-8,11,14H,9-10,12-13H2,1-2H3,(H,23,30)(H,24,29). The van der Waals surface area contributed by atoms with E-state index in [1.807, 2.05) is 43.5 Å². The lowest BCUT2D eigenvalue weighted by atomic mass is 10.2. The van der Waals surface area contributed by atoms with Crippen LogP contribution in [0.2, 0.25) is 0 Å². The summed E-state index contributed by atoms with van der Waals surface area (Å²) in [6.45, 7) is 4.43. The minimum Gasteiger partial charge on any atom is -0.354 e. The maximum absolute atomic E-state index is 13.1. The summed E-state index contributed by atoms with van der Waals surface area (Å²) >= 11 is 2.84. The van der Waals surface area contributed by atoms with E-state index in [0.29, 0.717) is 28.4 Å². The van der Waals surface area contributed by atoms with Crippen molar-refractivity contribution in [3.05, 3.63) is 57.0 Å². The molecule has 0 aliphatic heterocycles. The number of nitrogens with zero attached hydrogens (tertiary/aromatic N) is 4. The summed E-state index contributed by atoms with van der Waals surface area (Å²) < 4.78 is 3.24. The molecule has 0 saturated carbocycles. The Hall–Kier alpha value is -3.18. The van der Waals surface area contributed by atoms with Gasteiger partial charge in [0, 0.05) is 23.9 Å². The zero-order valence-electron chi connectivity index (χ0n) is 18.3. The summed E-state index contributed by atoms with van der Waals surface area (Å²) in [7, 11) is 0. The van der Waals surface area contributed by atoms with Gasteiger partial charge >= 0.3 is 0 Å². The third-order valence-electron chi connectivity index (χ3n) is 4.86. The molecule has 0 aliphatic rings. The summed E-state index contributed by atoms with van der Waals surface area (Å²) in [5.74, 6) is 0.251. The third-order valence-corrected chi connectivity index (χ3v) is 6.67. The third kappa shape index (κ3) is 5.25. The van der Waals surface area contributed by atoms with Crippen LogP contribution < -0.4 is 16.2 Å². The van der Waals surface area contributed by atoms with Crippen molar-refractivity contribution in [2.45, 2.75) is 44.6 Å². The van der Waals surface area contributed by atoms with Crippen LogP contribution in [0.1, 0.15) is 25.1 Å². The number of rotatable bonds is 9. The van der Waals surface area contributed by atoms with Gasteiger partial charge in [-0.2, -0.15) is 0 Å². The van der Waals surface area contributed by atoms with Gasteiger partial charge < -0.3 is 10.6 Å². The van der Waals surface area contributed by atoms with Crippen LogP contribution in [-0.4, -0.2) is 42.8 Å². The Balaban J connectivity index is 1.59. The number of hydrogen-bond donors (Lipinski definition) is 2. The largest absolute Gasteiger partial charge is 0.354 e. The predicted molar refractivity (Wildman–Crippen MR) is 130 cm³/mol. The van der Waals surface area contributed by atoms with Crippen LogP contribution in [0.5, 0.6) is 0 Å². The zero-order chi connectivity index (χ0) is 23.4. The number of aryl methyl sites for hydroxylation is 1. The Morgan fingerprint density at radius 3 is 2.70 bits per heavy atom. The quantitative estimate of drug-likeness (QED) is 0.353. The van der Waals surface area contributed by atoms with Gasteiger partial charge in [0.25, 0.3) is 5.56 Å². The van der Waals surface area contributed by atoms with Crippen molar-refractivity contribution in [2.75, 3.05) is 5.75 Å². The van der Waals surface area contributed by atoms with Crippen molar-refractivity contribution in [3.63, 3.8) is 0 Å². The van der Waals surface area contributed by atoms with E-state index >= 15 is 0 Å². The molecule has 11 heteroatoms. The Labute approximate surface area is 198 Å². The number of nitrogens with one attached hydrogen (secondary N) is 2. The summed E-state index contributed by atoms with van der Waals surface area (Å²) in [5.41, 5.74) is 0.431. The molecule has 0 bridgehead atoms. The lowest BCUT2D eigenvalue weighted by Crippen LogP contribution is -2.32. The van der Waals surface area contributed by atoms with Crippen molar-refractivity contribution in [1.29, 1.82) is 0 Å². The van der Waals surface area contributed by atoms with Gasteiger partial charge in [-0.05, 0) is 37.4 Å². The average Bonchev–Trinajstić information content (AvgIpc) is 3.46. The van der Waals surface area contributed by atoms with Crippen LogP contribution in [0.25, 0.3) is 16.7 Å². The maximum atomic E-state index is 13.1. The van der Waals surface area contributed by atoms with Gasteiger partial charge in [-0.25, -0.2) is 0 Å². The van der Waals surface area contributed by atoms with Gasteiger partial charge in [0.15, 0.2) is 5.16 Å². The number of aromatic nitrogens is 4.